The van der Waals surface area contributed by atoms with Crippen LogP contribution in [0.2, 0.25) is 18.1 Å². The first-order chi connectivity index (χ1) is 18.7. The predicted octanol–water partition coefficient (Wildman–Crippen LogP) is 6.69. The van der Waals surface area contributed by atoms with Gasteiger partial charge < -0.3 is 19.6 Å². The van der Waals surface area contributed by atoms with E-state index < -0.39 is 55.0 Å². The molecule has 8 nitrogen and oxygen atoms in total. The van der Waals surface area contributed by atoms with E-state index in [0.717, 1.165) is 5.56 Å². The lowest BCUT2D eigenvalue weighted by atomic mass is 9.90. The number of thioether (sulfide) groups is 1. The van der Waals surface area contributed by atoms with Crippen molar-refractivity contribution in [1.82, 2.24) is 10.2 Å². The van der Waals surface area contributed by atoms with E-state index in [-0.39, 0.29) is 17.4 Å². The maximum absolute atomic E-state index is 13.8. The molecule has 1 aromatic rings. The molecule has 1 aliphatic rings. The van der Waals surface area contributed by atoms with E-state index >= 15 is 0 Å². The van der Waals surface area contributed by atoms with Gasteiger partial charge in [0.15, 0.2) is 8.32 Å². The van der Waals surface area contributed by atoms with Crippen molar-refractivity contribution >= 4 is 38.0 Å². The molecule has 0 aliphatic carbocycles. The number of carbonyl (C=O) groups excluding carboxylic acids is 2. The van der Waals surface area contributed by atoms with Crippen LogP contribution in [0.5, 0.6) is 0 Å². The summed E-state index contributed by atoms with van der Waals surface area (Å²) in [7, 11) is -2.34. The Morgan fingerprint density at radius 3 is 2.20 bits per heavy atom. The van der Waals surface area contributed by atoms with Crippen LogP contribution in [0.1, 0.15) is 80.7 Å². The van der Waals surface area contributed by atoms with Crippen LogP contribution >= 0.6 is 11.8 Å². The van der Waals surface area contributed by atoms with Crippen LogP contribution in [0, 0.1) is 5.92 Å². The van der Waals surface area contributed by atoms with Gasteiger partial charge in [0.05, 0.1) is 22.9 Å². The number of ether oxygens (including phenoxy) is 1. The second-order valence-corrected chi connectivity index (χ2v) is 20.4. The van der Waals surface area contributed by atoms with Crippen molar-refractivity contribution < 1.29 is 28.7 Å². The van der Waals surface area contributed by atoms with Gasteiger partial charge in [0, 0.05) is 5.75 Å². The molecule has 0 aromatic heterocycles. The Labute approximate surface area is 252 Å². The smallest absolute Gasteiger partial charge is 0.412 e. The minimum atomic E-state index is -2.34. The topological polar surface area (TPSA) is 105 Å². The van der Waals surface area contributed by atoms with Gasteiger partial charge in [-0.15, -0.1) is 11.8 Å². The number of carbonyl (C=O) groups is 3. The van der Waals surface area contributed by atoms with Gasteiger partial charge in [-0.25, -0.2) is 4.79 Å². The molecule has 1 aromatic carbocycles. The molecule has 10 heteroatoms. The van der Waals surface area contributed by atoms with Crippen LogP contribution in [-0.2, 0) is 25.2 Å². The van der Waals surface area contributed by atoms with Crippen LogP contribution in [0.3, 0.4) is 0 Å². The molecule has 0 unspecified atom stereocenters. The summed E-state index contributed by atoms with van der Waals surface area (Å²) in [5.41, 5.74) is 0.251. The first-order valence-electron chi connectivity index (χ1n) is 14.6. The van der Waals surface area contributed by atoms with E-state index in [2.05, 4.69) is 39.2 Å². The Morgan fingerprint density at radius 1 is 1.12 bits per heavy atom. The average Bonchev–Trinajstić information content (AvgIpc) is 3.15. The molecular weight excluding hydrogens is 557 g/mol. The highest BCUT2D eigenvalue weighted by atomic mass is 32.2. The van der Waals surface area contributed by atoms with Crippen molar-refractivity contribution in [3.05, 3.63) is 35.9 Å². The summed E-state index contributed by atoms with van der Waals surface area (Å²) in [5, 5.41) is 13.3. The highest BCUT2D eigenvalue weighted by Crippen LogP contribution is 2.41. The van der Waals surface area contributed by atoms with Gasteiger partial charge in [-0.1, -0.05) is 58.0 Å². The minimum absolute atomic E-state index is 0.106. The van der Waals surface area contributed by atoms with Gasteiger partial charge in [0.2, 0.25) is 5.91 Å². The molecule has 1 heterocycles. The number of carboxylic acids is 1. The van der Waals surface area contributed by atoms with Crippen molar-refractivity contribution in [3.63, 3.8) is 0 Å². The number of amides is 2. The molecule has 4 atom stereocenters. The van der Waals surface area contributed by atoms with Crippen molar-refractivity contribution in [1.29, 1.82) is 0 Å². The molecule has 0 saturated carbocycles. The number of carboxylic acid groups (broad SMARTS) is 1. The Balaban J connectivity index is 2.37. The number of nitrogens with one attached hydrogen (secondary N) is 1. The van der Waals surface area contributed by atoms with Crippen molar-refractivity contribution in [2.24, 2.45) is 5.92 Å². The van der Waals surface area contributed by atoms with Crippen molar-refractivity contribution in [2.75, 3.05) is 5.75 Å². The first kappa shape index (κ1) is 35.2. The predicted molar refractivity (Wildman–Crippen MR) is 169 cm³/mol. The average molecular weight is 609 g/mol. The highest BCUT2D eigenvalue weighted by Gasteiger charge is 2.49. The van der Waals surface area contributed by atoms with Gasteiger partial charge >= 0.3 is 12.1 Å². The van der Waals surface area contributed by atoms with Crippen LogP contribution in [0.25, 0.3) is 0 Å². The summed E-state index contributed by atoms with van der Waals surface area (Å²) >= 11 is 1.53. The molecule has 0 bridgehead atoms. The molecule has 232 valence electrons. The Morgan fingerprint density at radius 2 is 1.71 bits per heavy atom. The van der Waals surface area contributed by atoms with Crippen LogP contribution in [0.4, 0.5) is 4.79 Å². The number of aliphatic carboxylic acids is 1. The van der Waals surface area contributed by atoms with Crippen molar-refractivity contribution in [3.8, 4) is 0 Å². The molecule has 0 spiro atoms. The molecule has 1 aliphatic heterocycles. The fraction of sp³-hybridized carbons (Fsp3) is 0.710. The third kappa shape index (κ3) is 9.75. The van der Waals surface area contributed by atoms with Gasteiger partial charge in [0.25, 0.3) is 0 Å². The number of hydrogen-bond acceptors (Lipinski definition) is 6. The fourth-order valence-electron chi connectivity index (χ4n) is 4.69. The van der Waals surface area contributed by atoms with Crippen LogP contribution in [-0.4, -0.2) is 70.7 Å². The van der Waals surface area contributed by atoms with E-state index in [9.17, 15) is 19.5 Å². The summed E-state index contributed by atoms with van der Waals surface area (Å²) < 4.78 is 12.5. The van der Waals surface area contributed by atoms with Gasteiger partial charge in [-0.2, -0.15) is 0 Å². The largest absolute Gasteiger partial charge is 0.481 e. The molecule has 1 fully saturated rings. The lowest BCUT2D eigenvalue weighted by Crippen LogP contribution is -2.58. The van der Waals surface area contributed by atoms with Gasteiger partial charge in [0.1, 0.15) is 11.6 Å². The molecular formula is C31H52N2O6SSi. The third-order valence-corrected chi connectivity index (χ3v) is 13.9. The maximum Gasteiger partial charge on any atom is 0.412 e. The number of rotatable bonds is 11. The zero-order chi connectivity index (χ0) is 31.4. The lowest BCUT2D eigenvalue weighted by Gasteiger charge is -2.42. The van der Waals surface area contributed by atoms with Gasteiger partial charge in [-0.3, -0.25) is 14.5 Å². The molecule has 0 radical (unpaired) electrons. The summed E-state index contributed by atoms with van der Waals surface area (Å²) in [5.74, 6) is -1.41. The SMILES string of the molecule is CC[C@H](NC(=O)[C@@H]1CSC(C)(C)N1C(=O)OC(C)(C)C)[C@H](C[C@H](Cc1ccccc1)C(=O)O)O[Si](C)(C)C(C)(C)C. The number of hydrogen-bond donors (Lipinski definition) is 2. The van der Waals surface area contributed by atoms with Crippen molar-refractivity contribution in [2.45, 2.75) is 128 Å². The van der Waals surface area contributed by atoms with E-state index in [0.29, 0.717) is 18.6 Å². The van der Waals surface area contributed by atoms with E-state index in [1.807, 2.05) is 51.1 Å². The molecule has 41 heavy (non-hydrogen) atoms. The summed E-state index contributed by atoms with van der Waals surface area (Å²) in [6, 6.07) is 8.45. The molecule has 2 rings (SSSR count). The van der Waals surface area contributed by atoms with E-state index in [1.54, 1.807) is 20.8 Å². The Hall–Kier alpha value is -2.04. The first-order valence-corrected chi connectivity index (χ1v) is 18.5. The second-order valence-electron chi connectivity index (χ2n) is 14.0. The Bertz CT molecular complexity index is 1050. The zero-order valence-corrected chi connectivity index (χ0v) is 28.7. The minimum Gasteiger partial charge on any atom is -0.481 e. The summed E-state index contributed by atoms with van der Waals surface area (Å²) in [6.45, 7) is 21.9. The van der Waals surface area contributed by atoms with E-state index in [4.69, 9.17) is 9.16 Å². The zero-order valence-electron chi connectivity index (χ0n) is 26.9. The van der Waals surface area contributed by atoms with Gasteiger partial charge in [-0.05, 0) is 77.6 Å². The van der Waals surface area contributed by atoms with Crippen LogP contribution in [0.15, 0.2) is 30.3 Å². The standard InChI is InChI=1S/C31H52N2O6SSi/c1-12-23(32-26(34)24-20-40-31(8,9)33(24)28(37)38-29(2,3)4)25(39-41(10,11)30(5,6)7)19-22(27(35)36)18-21-16-14-13-15-17-21/h13-17,22-25H,12,18-20H2,1-11H3,(H,32,34)(H,35,36)/t22-,23-,24-,25-/m0/s1. The fourth-order valence-corrected chi connectivity index (χ4v) is 7.27. The number of nitrogens with zero attached hydrogens (tertiary/aromatic N) is 1. The van der Waals surface area contributed by atoms with E-state index in [1.165, 1.54) is 16.7 Å². The summed E-state index contributed by atoms with van der Waals surface area (Å²) in [4.78, 5) is 40.4. The quantitative estimate of drug-likeness (QED) is 0.270. The lowest BCUT2D eigenvalue weighted by molar-refractivity contribution is -0.142. The second kappa shape index (κ2) is 13.5. The molecule has 1 saturated heterocycles. The monoisotopic (exact) mass is 608 g/mol. The third-order valence-electron chi connectivity index (χ3n) is 8.04. The number of benzene rings is 1. The Kier molecular flexibility index (Phi) is 11.6. The highest BCUT2D eigenvalue weighted by molar-refractivity contribution is 8.00. The normalized spacial score (nSPS) is 19.8. The maximum atomic E-state index is 13.8. The van der Waals surface area contributed by atoms with Crippen LogP contribution < -0.4 is 5.32 Å². The molecule has 2 amide bonds. The molecule has 2 N–H and O–H groups in total. The summed E-state index contributed by atoms with van der Waals surface area (Å²) in [6.07, 6.45) is 0.155.